The molecule has 0 aliphatic carbocycles. The summed E-state index contributed by atoms with van der Waals surface area (Å²) in [7, 11) is 0. The van der Waals surface area contributed by atoms with Gasteiger partial charge in [0.05, 0.1) is 0 Å². The number of ether oxygens (including phenoxy) is 1. The summed E-state index contributed by atoms with van der Waals surface area (Å²) >= 11 is 3.58. The minimum atomic E-state index is 0.0386. The highest BCUT2D eigenvalue weighted by Gasteiger charge is 2.21. The lowest BCUT2D eigenvalue weighted by Gasteiger charge is -2.25. The van der Waals surface area contributed by atoms with Crippen LogP contribution in [0.3, 0.4) is 0 Å². The number of nitrogens with two attached hydrogens (primary N) is 1. The van der Waals surface area contributed by atoms with Gasteiger partial charge in [-0.15, -0.1) is 0 Å². The standard InChI is InChI=1S/C14H22BrNO/c1-9-6-13(17-10(2)8-16)11(7-12(9)15)14(3,4)5/h6-7,10H,8,16H2,1-5H3. The Labute approximate surface area is 113 Å². The predicted octanol–water partition coefficient (Wildman–Crippen LogP) is 3.78. The lowest BCUT2D eigenvalue weighted by Crippen LogP contribution is -2.25. The molecule has 2 nitrogen and oxygen atoms in total. The van der Waals surface area contributed by atoms with Gasteiger partial charge in [-0.05, 0) is 37.0 Å². The molecule has 0 amide bonds. The van der Waals surface area contributed by atoms with Gasteiger partial charge in [-0.25, -0.2) is 0 Å². The summed E-state index contributed by atoms with van der Waals surface area (Å²) in [4.78, 5) is 0. The smallest absolute Gasteiger partial charge is 0.123 e. The van der Waals surface area contributed by atoms with E-state index in [1.54, 1.807) is 0 Å². The van der Waals surface area contributed by atoms with Crippen molar-refractivity contribution in [2.45, 2.75) is 46.1 Å². The molecule has 1 rings (SSSR count). The van der Waals surface area contributed by atoms with Gasteiger partial charge in [0.15, 0.2) is 0 Å². The Morgan fingerprint density at radius 3 is 2.41 bits per heavy atom. The maximum absolute atomic E-state index is 5.91. The Balaban J connectivity index is 3.21. The van der Waals surface area contributed by atoms with Gasteiger partial charge in [0, 0.05) is 16.6 Å². The molecule has 0 saturated carbocycles. The average Bonchev–Trinajstić information content (AvgIpc) is 2.21. The molecule has 0 saturated heterocycles. The molecule has 96 valence electrons. The van der Waals surface area contributed by atoms with Crippen molar-refractivity contribution in [3.05, 3.63) is 27.7 Å². The lowest BCUT2D eigenvalue weighted by molar-refractivity contribution is 0.224. The van der Waals surface area contributed by atoms with Gasteiger partial charge >= 0.3 is 0 Å². The van der Waals surface area contributed by atoms with E-state index in [9.17, 15) is 0 Å². The molecular weight excluding hydrogens is 278 g/mol. The molecule has 3 heteroatoms. The maximum Gasteiger partial charge on any atom is 0.123 e. The van der Waals surface area contributed by atoms with Crippen molar-refractivity contribution in [2.24, 2.45) is 5.73 Å². The summed E-state index contributed by atoms with van der Waals surface area (Å²) in [6.07, 6.45) is 0.0386. The first-order valence-electron chi connectivity index (χ1n) is 5.93. The van der Waals surface area contributed by atoms with Gasteiger partial charge in [0.25, 0.3) is 0 Å². The van der Waals surface area contributed by atoms with E-state index < -0.39 is 0 Å². The van der Waals surface area contributed by atoms with Crippen LogP contribution in [0.25, 0.3) is 0 Å². The highest BCUT2D eigenvalue weighted by molar-refractivity contribution is 9.10. The third-order valence-corrected chi connectivity index (χ3v) is 3.58. The zero-order valence-corrected chi connectivity index (χ0v) is 12.9. The molecule has 0 aliphatic rings. The second-order valence-electron chi connectivity index (χ2n) is 5.51. The van der Waals surface area contributed by atoms with E-state index in [1.165, 1.54) is 11.1 Å². The Hall–Kier alpha value is -0.540. The molecule has 2 N–H and O–H groups in total. The van der Waals surface area contributed by atoms with Crippen molar-refractivity contribution in [2.75, 3.05) is 6.54 Å². The van der Waals surface area contributed by atoms with Gasteiger partial charge in [0.1, 0.15) is 11.9 Å². The summed E-state index contributed by atoms with van der Waals surface area (Å²) in [5, 5.41) is 0. The normalized spacial score (nSPS) is 13.6. The van der Waals surface area contributed by atoms with Crippen LogP contribution < -0.4 is 10.5 Å². The first-order valence-corrected chi connectivity index (χ1v) is 6.72. The first-order chi connectivity index (χ1) is 7.75. The fourth-order valence-corrected chi connectivity index (χ4v) is 1.95. The quantitative estimate of drug-likeness (QED) is 0.922. The molecule has 0 spiro atoms. The molecule has 0 radical (unpaired) electrons. The first kappa shape index (κ1) is 14.5. The van der Waals surface area contributed by atoms with Crippen molar-refractivity contribution >= 4 is 15.9 Å². The molecule has 0 aromatic heterocycles. The van der Waals surface area contributed by atoms with Gasteiger partial charge < -0.3 is 10.5 Å². The zero-order valence-electron chi connectivity index (χ0n) is 11.3. The van der Waals surface area contributed by atoms with Gasteiger partial charge in [-0.1, -0.05) is 36.7 Å². The number of rotatable bonds is 3. The molecular formula is C14H22BrNO. The molecule has 0 fully saturated rings. The van der Waals surface area contributed by atoms with E-state index >= 15 is 0 Å². The van der Waals surface area contributed by atoms with Crippen molar-refractivity contribution in [1.82, 2.24) is 0 Å². The van der Waals surface area contributed by atoms with Crippen molar-refractivity contribution in [3.63, 3.8) is 0 Å². The largest absolute Gasteiger partial charge is 0.489 e. The minimum absolute atomic E-state index is 0.0386. The maximum atomic E-state index is 5.91. The fourth-order valence-electron chi connectivity index (χ4n) is 1.60. The summed E-state index contributed by atoms with van der Waals surface area (Å²) in [5.41, 5.74) is 8.05. The van der Waals surface area contributed by atoms with Crippen LogP contribution in [0.15, 0.2) is 16.6 Å². The summed E-state index contributed by atoms with van der Waals surface area (Å²) in [6.45, 7) is 11.1. The number of hydrogen-bond donors (Lipinski definition) is 1. The van der Waals surface area contributed by atoms with Crippen LogP contribution in [0.2, 0.25) is 0 Å². The van der Waals surface area contributed by atoms with Crippen LogP contribution in [0.5, 0.6) is 5.75 Å². The summed E-state index contributed by atoms with van der Waals surface area (Å²) in [6, 6.07) is 4.23. The molecule has 0 heterocycles. The second-order valence-corrected chi connectivity index (χ2v) is 6.37. The Kier molecular flexibility index (Phi) is 4.62. The van der Waals surface area contributed by atoms with Crippen molar-refractivity contribution in [3.8, 4) is 5.75 Å². The van der Waals surface area contributed by atoms with Crippen LogP contribution in [-0.4, -0.2) is 12.6 Å². The van der Waals surface area contributed by atoms with Gasteiger partial charge in [0.2, 0.25) is 0 Å². The van der Waals surface area contributed by atoms with Crippen LogP contribution >= 0.6 is 15.9 Å². The number of benzene rings is 1. The van der Waals surface area contributed by atoms with Crippen LogP contribution in [0.1, 0.15) is 38.8 Å². The van der Waals surface area contributed by atoms with Gasteiger partial charge in [-0.3, -0.25) is 0 Å². The van der Waals surface area contributed by atoms with Crippen LogP contribution in [0.4, 0.5) is 0 Å². The molecule has 0 bridgehead atoms. The van der Waals surface area contributed by atoms with E-state index in [0.717, 1.165) is 10.2 Å². The Morgan fingerprint density at radius 1 is 1.35 bits per heavy atom. The minimum Gasteiger partial charge on any atom is -0.489 e. The zero-order chi connectivity index (χ0) is 13.2. The van der Waals surface area contributed by atoms with E-state index in [0.29, 0.717) is 6.54 Å². The van der Waals surface area contributed by atoms with E-state index in [2.05, 4.69) is 55.8 Å². The molecule has 1 aromatic carbocycles. The highest BCUT2D eigenvalue weighted by Crippen LogP contribution is 2.35. The molecule has 17 heavy (non-hydrogen) atoms. The average molecular weight is 300 g/mol. The Morgan fingerprint density at radius 2 is 1.94 bits per heavy atom. The van der Waals surface area contributed by atoms with Crippen molar-refractivity contribution in [1.29, 1.82) is 0 Å². The molecule has 1 aromatic rings. The highest BCUT2D eigenvalue weighted by atomic mass is 79.9. The van der Waals surface area contributed by atoms with Crippen LogP contribution in [0, 0.1) is 6.92 Å². The van der Waals surface area contributed by atoms with Gasteiger partial charge in [-0.2, -0.15) is 0 Å². The van der Waals surface area contributed by atoms with E-state index in [-0.39, 0.29) is 11.5 Å². The summed E-state index contributed by atoms with van der Waals surface area (Å²) < 4.78 is 7.03. The second kappa shape index (κ2) is 5.40. The SMILES string of the molecule is Cc1cc(OC(C)CN)c(C(C)(C)C)cc1Br. The topological polar surface area (TPSA) is 35.2 Å². The lowest BCUT2D eigenvalue weighted by atomic mass is 9.86. The summed E-state index contributed by atoms with van der Waals surface area (Å²) in [5.74, 6) is 0.941. The number of aryl methyl sites for hydroxylation is 1. The molecule has 1 unspecified atom stereocenters. The predicted molar refractivity (Wildman–Crippen MR) is 76.7 cm³/mol. The molecule has 0 aliphatic heterocycles. The van der Waals surface area contributed by atoms with Crippen molar-refractivity contribution < 1.29 is 4.74 Å². The third kappa shape index (κ3) is 3.71. The number of halogens is 1. The monoisotopic (exact) mass is 299 g/mol. The van der Waals surface area contributed by atoms with E-state index in [4.69, 9.17) is 10.5 Å². The fraction of sp³-hybridized carbons (Fsp3) is 0.571. The Bertz CT molecular complexity index is 396. The number of hydrogen-bond acceptors (Lipinski definition) is 2. The van der Waals surface area contributed by atoms with Crippen LogP contribution in [-0.2, 0) is 5.41 Å². The van der Waals surface area contributed by atoms with E-state index in [1.807, 2.05) is 6.92 Å². The molecule has 1 atom stereocenters. The third-order valence-electron chi connectivity index (χ3n) is 2.73.